The first-order valence-corrected chi connectivity index (χ1v) is 13.9. The van der Waals surface area contributed by atoms with Gasteiger partial charge in [-0.15, -0.1) is 0 Å². The van der Waals surface area contributed by atoms with Crippen molar-refractivity contribution in [2.24, 2.45) is 0 Å². The summed E-state index contributed by atoms with van der Waals surface area (Å²) in [6, 6.07) is 33.0. The minimum Gasteiger partial charge on any atom is -0.455 e. The molecule has 0 atom stereocenters. The van der Waals surface area contributed by atoms with E-state index in [2.05, 4.69) is 131 Å². The summed E-state index contributed by atoms with van der Waals surface area (Å²) in [6.07, 6.45) is 0. The molecule has 0 amide bonds. The second-order valence-electron chi connectivity index (χ2n) is 12.3. The second kappa shape index (κ2) is 7.42. The molecule has 39 heavy (non-hydrogen) atoms. The van der Waals surface area contributed by atoms with Gasteiger partial charge in [0, 0.05) is 38.5 Å². The number of aryl methyl sites for hydroxylation is 1. The highest BCUT2D eigenvalue weighted by atomic mass is 16.3. The maximum absolute atomic E-state index is 6.75. The van der Waals surface area contributed by atoms with Gasteiger partial charge in [-0.05, 0) is 76.2 Å². The number of para-hydroxylation sites is 1. The minimum absolute atomic E-state index is 0.133. The summed E-state index contributed by atoms with van der Waals surface area (Å²) >= 11 is 0. The third-order valence-electron chi connectivity index (χ3n) is 9.24. The molecule has 0 bridgehead atoms. The van der Waals surface area contributed by atoms with Gasteiger partial charge in [0.1, 0.15) is 11.2 Å². The van der Waals surface area contributed by atoms with Crippen molar-refractivity contribution < 1.29 is 4.42 Å². The van der Waals surface area contributed by atoms with Crippen LogP contribution >= 0.6 is 0 Å². The van der Waals surface area contributed by atoms with Gasteiger partial charge in [-0.2, -0.15) is 0 Å². The van der Waals surface area contributed by atoms with E-state index in [1.54, 1.807) is 0 Å². The summed E-state index contributed by atoms with van der Waals surface area (Å²) in [4.78, 5) is 0. The van der Waals surface area contributed by atoms with Crippen molar-refractivity contribution in [2.75, 3.05) is 5.32 Å². The van der Waals surface area contributed by atoms with Crippen molar-refractivity contribution in [3.05, 3.63) is 119 Å². The average Bonchev–Trinajstić information content (AvgIpc) is 3.50. The van der Waals surface area contributed by atoms with Gasteiger partial charge in [-0.25, -0.2) is 0 Å². The molecule has 2 heteroatoms. The van der Waals surface area contributed by atoms with Crippen molar-refractivity contribution in [1.82, 2.24) is 0 Å². The molecule has 0 radical (unpaired) electrons. The predicted molar refractivity (Wildman–Crippen MR) is 163 cm³/mol. The van der Waals surface area contributed by atoms with Gasteiger partial charge in [-0.3, -0.25) is 0 Å². The molecular weight excluding hydrogens is 474 g/mol. The normalized spacial score (nSPS) is 15.7. The monoisotopic (exact) mass is 505 g/mol. The van der Waals surface area contributed by atoms with Crippen LogP contribution in [0.2, 0.25) is 0 Å². The lowest BCUT2D eigenvalue weighted by atomic mass is 9.72. The number of benzene rings is 5. The molecule has 8 rings (SSSR count). The van der Waals surface area contributed by atoms with Crippen LogP contribution in [0.5, 0.6) is 0 Å². The van der Waals surface area contributed by atoms with E-state index in [1.807, 2.05) is 0 Å². The summed E-state index contributed by atoms with van der Waals surface area (Å²) in [7, 11) is 0. The molecule has 2 aliphatic rings. The molecule has 1 N–H and O–H groups in total. The van der Waals surface area contributed by atoms with E-state index in [9.17, 15) is 0 Å². The fourth-order valence-corrected chi connectivity index (χ4v) is 7.41. The number of hydrogen-bond acceptors (Lipinski definition) is 2. The van der Waals surface area contributed by atoms with Gasteiger partial charge in [-0.1, -0.05) is 93.9 Å². The highest BCUT2D eigenvalue weighted by molar-refractivity contribution is 6.20. The molecule has 0 saturated heterocycles. The molecule has 0 saturated carbocycles. The maximum atomic E-state index is 6.75. The lowest BCUT2D eigenvalue weighted by Gasteiger charge is -2.31. The lowest BCUT2D eigenvalue weighted by molar-refractivity contribution is 0.600. The van der Waals surface area contributed by atoms with Crippen molar-refractivity contribution >= 4 is 33.3 Å². The highest BCUT2D eigenvalue weighted by Crippen LogP contribution is 2.63. The Kier molecular flexibility index (Phi) is 4.31. The van der Waals surface area contributed by atoms with Gasteiger partial charge in [0.2, 0.25) is 0 Å². The Hall–Kier alpha value is -4.30. The Labute approximate surface area is 229 Å². The predicted octanol–water partition coefficient (Wildman–Crippen LogP) is 10.3. The van der Waals surface area contributed by atoms with Gasteiger partial charge >= 0.3 is 0 Å². The third-order valence-corrected chi connectivity index (χ3v) is 9.24. The Bertz CT molecular complexity index is 1990. The quantitative estimate of drug-likeness (QED) is 0.253. The Balaban J connectivity index is 1.47. The highest BCUT2D eigenvalue weighted by Gasteiger charge is 2.48. The summed E-state index contributed by atoms with van der Waals surface area (Å²) in [5.74, 6) is 0. The molecule has 2 nitrogen and oxygen atoms in total. The Morgan fingerprint density at radius 3 is 2.08 bits per heavy atom. The SMILES string of the molecule is Cc1ccc(Nc2ccc3c(c2)C(C)(C)c2c4c(c5oc6ccccc6c5c2-3)-c2ccccc2C4(C)C)cc1. The van der Waals surface area contributed by atoms with Crippen LogP contribution in [0.3, 0.4) is 0 Å². The zero-order valence-corrected chi connectivity index (χ0v) is 23.1. The summed E-state index contributed by atoms with van der Waals surface area (Å²) in [5.41, 5.74) is 16.0. The number of fused-ring (bicyclic) bond motifs is 12. The first-order chi connectivity index (χ1) is 18.8. The van der Waals surface area contributed by atoms with Crippen LogP contribution in [0, 0.1) is 6.92 Å². The molecular formula is C37H31NO. The van der Waals surface area contributed by atoms with E-state index in [0.717, 1.165) is 22.5 Å². The van der Waals surface area contributed by atoms with Crippen LogP contribution in [-0.2, 0) is 10.8 Å². The lowest BCUT2D eigenvalue weighted by Crippen LogP contribution is -2.24. The zero-order valence-electron chi connectivity index (χ0n) is 23.1. The fourth-order valence-electron chi connectivity index (χ4n) is 7.41. The van der Waals surface area contributed by atoms with Crippen LogP contribution in [0.15, 0.2) is 95.4 Å². The van der Waals surface area contributed by atoms with Crippen molar-refractivity contribution in [2.45, 2.75) is 45.4 Å². The Morgan fingerprint density at radius 2 is 1.26 bits per heavy atom. The largest absolute Gasteiger partial charge is 0.455 e. The van der Waals surface area contributed by atoms with E-state index in [1.165, 1.54) is 60.8 Å². The van der Waals surface area contributed by atoms with Gasteiger partial charge in [0.15, 0.2) is 0 Å². The smallest absolute Gasteiger partial charge is 0.144 e. The first-order valence-electron chi connectivity index (χ1n) is 13.9. The van der Waals surface area contributed by atoms with Crippen LogP contribution < -0.4 is 5.32 Å². The molecule has 0 unspecified atom stereocenters. The molecule has 5 aromatic carbocycles. The van der Waals surface area contributed by atoms with Crippen LogP contribution in [0.1, 0.15) is 55.5 Å². The number of rotatable bonds is 2. The minimum atomic E-state index is -0.175. The van der Waals surface area contributed by atoms with E-state index in [0.29, 0.717) is 0 Å². The van der Waals surface area contributed by atoms with Crippen LogP contribution in [0.25, 0.3) is 44.2 Å². The van der Waals surface area contributed by atoms with Crippen LogP contribution in [-0.4, -0.2) is 0 Å². The molecule has 0 aliphatic heterocycles. The summed E-state index contributed by atoms with van der Waals surface area (Å²) in [5, 5.41) is 6.09. The molecule has 0 spiro atoms. The topological polar surface area (TPSA) is 25.2 Å². The summed E-state index contributed by atoms with van der Waals surface area (Å²) < 4.78 is 6.75. The molecule has 1 aromatic heterocycles. The standard InChI is InChI=1S/C37H31NO/c1-21-14-16-22(17-15-21)38-23-18-19-25-28(20-23)37(4,5)33-30(25)31-26-11-7-9-13-29(26)39-35(31)32-24-10-6-8-12-27(24)36(2,3)34(32)33/h6-20,38H,1-5H3. The Morgan fingerprint density at radius 1 is 0.615 bits per heavy atom. The maximum Gasteiger partial charge on any atom is 0.144 e. The number of anilines is 2. The van der Waals surface area contributed by atoms with Gasteiger partial charge in [0.05, 0.1) is 0 Å². The molecule has 190 valence electrons. The molecule has 1 heterocycles. The van der Waals surface area contributed by atoms with E-state index in [4.69, 9.17) is 4.42 Å². The first kappa shape index (κ1) is 22.7. The van der Waals surface area contributed by atoms with E-state index < -0.39 is 0 Å². The van der Waals surface area contributed by atoms with Crippen LogP contribution in [0.4, 0.5) is 11.4 Å². The van der Waals surface area contributed by atoms with Crippen molar-refractivity contribution in [3.8, 4) is 22.3 Å². The fraction of sp³-hybridized carbons (Fsp3) is 0.189. The van der Waals surface area contributed by atoms with Gasteiger partial charge < -0.3 is 9.73 Å². The number of furan rings is 1. The van der Waals surface area contributed by atoms with Gasteiger partial charge in [0.25, 0.3) is 0 Å². The molecule has 0 fully saturated rings. The average molecular weight is 506 g/mol. The molecule has 6 aromatic rings. The van der Waals surface area contributed by atoms with Crippen molar-refractivity contribution in [1.29, 1.82) is 0 Å². The van der Waals surface area contributed by atoms with Crippen molar-refractivity contribution in [3.63, 3.8) is 0 Å². The van der Waals surface area contributed by atoms with E-state index >= 15 is 0 Å². The summed E-state index contributed by atoms with van der Waals surface area (Å²) in [6.45, 7) is 11.7. The van der Waals surface area contributed by atoms with E-state index in [-0.39, 0.29) is 10.8 Å². The number of nitrogens with one attached hydrogen (secondary N) is 1. The third kappa shape index (κ3) is 2.87. The zero-order chi connectivity index (χ0) is 26.7. The molecule has 2 aliphatic carbocycles. The second-order valence-corrected chi connectivity index (χ2v) is 12.3. The number of hydrogen-bond donors (Lipinski definition) is 1.